The van der Waals surface area contributed by atoms with Gasteiger partial charge in [-0.05, 0) is 52.2 Å². The zero-order valence-electron chi connectivity index (χ0n) is 13.9. The molecular formula is C18H27ClN2. The number of anilines is 1. The van der Waals surface area contributed by atoms with Crippen LogP contribution in [-0.2, 0) is 0 Å². The summed E-state index contributed by atoms with van der Waals surface area (Å²) in [5.74, 6) is 0. The van der Waals surface area contributed by atoms with E-state index in [1.54, 1.807) is 0 Å². The van der Waals surface area contributed by atoms with Crippen LogP contribution >= 0.6 is 11.6 Å². The summed E-state index contributed by atoms with van der Waals surface area (Å²) in [5, 5.41) is 3.55. The van der Waals surface area contributed by atoms with E-state index >= 15 is 0 Å². The largest absolute Gasteiger partial charge is 0.378 e. The van der Waals surface area contributed by atoms with Gasteiger partial charge in [-0.1, -0.05) is 47.0 Å². The monoisotopic (exact) mass is 306 g/mol. The van der Waals surface area contributed by atoms with Crippen molar-refractivity contribution in [1.29, 1.82) is 0 Å². The van der Waals surface area contributed by atoms with Gasteiger partial charge in [0.1, 0.15) is 0 Å². The van der Waals surface area contributed by atoms with Crippen molar-refractivity contribution in [3.63, 3.8) is 0 Å². The Morgan fingerprint density at radius 1 is 0.762 bits per heavy atom. The van der Waals surface area contributed by atoms with Crippen molar-refractivity contribution in [2.75, 3.05) is 33.1 Å². The Balaban J connectivity index is 0.000000327. The van der Waals surface area contributed by atoms with Crippen LogP contribution in [-0.4, -0.2) is 28.2 Å². The van der Waals surface area contributed by atoms with Crippen LogP contribution in [0.2, 0.25) is 5.02 Å². The van der Waals surface area contributed by atoms with Crippen LogP contribution in [0.3, 0.4) is 0 Å². The number of halogens is 1. The van der Waals surface area contributed by atoms with Gasteiger partial charge in [0.25, 0.3) is 0 Å². The zero-order chi connectivity index (χ0) is 16.3. The summed E-state index contributed by atoms with van der Waals surface area (Å²) in [5.41, 5.74) is 3.81. The number of hydrogen-bond acceptors (Lipinski definition) is 2. The van der Waals surface area contributed by atoms with Gasteiger partial charge in [-0.15, -0.1) is 0 Å². The Hall–Kier alpha value is -1.51. The van der Waals surface area contributed by atoms with E-state index in [0.29, 0.717) is 0 Å². The molecule has 2 aromatic rings. The Bertz CT molecular complexity index is 455. The summed E-state index contributed by atoms with van der Waals surface area (Å²) >= 11 is 5.61. The van der Waals surface area contributed by atoms with Crippen LogP contribution in [0.1, 0.15) is 11.1 Å². The predicted molar refractivity (Wildman–Crippen MR) is 96.7 cm³/mol. The fourth-order valence-corrected chi connectivity index (χ4v) is 1.50. The van der Waals surface area contributed by atoms with Crippen LogP contribution in [0.25, 0.3) is 0 Å². The van der Waals surface area contributed by atoms with Gasteiger partial charge in [0.15, 0.2) is 0 Å². The molecule has 2 nitrogen and oxygen atoms in total. The van der Waals surface area contributed by atoms with Crippen molar-refractivity contribution in [3.05, 3.63) is 64.7 Å². The highest BCUT2D eigenvalue weighted by molar-refractivity contribution is 6.30. The number of aryl methyl sites for hydroxylation is 2. The number of nitrogens with one attached hydrogen (secondary N) is 1. The van der Waals surface area contributed by atoms with Crippen molar-refractivity contribution in [2.24, 2.45) is 0 Å². The number of nitrogens with zero attached hydrogens (tertiary/aromatic N) is 1. The third-order valence-corrected chi connectivity index (χ3v) is 2.81. The summed E-state index contributed by atoms with van der Waals surface area (Å²) in [6.07, 6.45) is 0. The second kappa shape index (κ2) is 11.2. The fraction of sp³-hybridized carbons (Fsp3) is 0.333. The molecular weight excluding hydrogens is 280 g/mol. The van der Waals surface area contributed by atoms with Gasteiger partial charge in [-0.3, -0.25) is 0 Å². The van der Waals surface area contributed by atoms with E-state index in [1.165, 1.54) is 16.8 Å². The van der Waals surface area contributed by atoms with Crippen LogP contribution in [0, 0.1) is 13.8 Å². The molecule has 0 saturated heterocycles. The molecule has 0 aliphatic carbocycles. The summed E-state index contributed by atoms with van der Waals surface area (Å²) < 4.78 is 0. The molecule has 3 heteroatoms. The van der Waals surface area contributed by atoms with Gasteiger partial charge in [0, 0.05) is 24.8 Å². The molecule has 0 fully saturated rings. The van der Waals surface area contributed by atoms with Crippen molar-refractivity contribution < 1.29 is 0 Å². The van der Waals surface area contributed by atoms with Gasteiger partial charge in [0.05, 0.1) is 0 Å². The minimum atomic E-state index is 0.801. The van der Waals surface area contributed by atoms with E-state index in [9.17, 15) is 0 Å². The molecule has 2 rings (SSSR count). The van der Waals surface area contributed by atoms with Gasteiger partial charge in [-0.2, -0.15) is 0 Å². The molecule has 0 radical (unpaired) electrons. The lowest BCUT2D eigenvalue weighted by Gasteiger charge is -2.11. The highest BCUT2D eigenvalue weighted by Crippen LogP contribution is 2.10. The molecule has 0 aromatic heterocycles. The van der Waals surface area contributed by atoms with Crippen LogP contribution in [0.5, 0.6) is 0 Å². The lowest BCUT2D eigenvalue weighted by atomic mass is 10.2. The number of rotatable bonds is 1. The highest BCUT2D eigenvalue weighted by atomic mass is 35.5. The molecule has 21 heavy (non-hydrogen) atoms. The average Bonchev–Trinajstić information content (AvgIpc) is 2.44. The minimum absolute atomic E-state index is 0.801. The molecule has 0 aliphatic heterocycles. The Morgan fingerprint density at radius 3 is 1.38 bits per heavy atom. The number of benzene rings is 2. The lowest BCUT2D eigenvalue weighted by molar-refractivity contribution is 1.02. The molecule has 116 valence electrons. The zero-order valence-corrected chi connectivity index (χ0v) is 14.7. The SMILES string of the molecule is CNC.Cc1ccc(Cl)cc1.Cc1ccc(N(C)C)cc1. The first kappa shape index (κ1) is 19.5. The topological polar surface area (TPSA) is 15.3 Å². The summed E-state index contributed by atoms with van der Waals surface area (Å²) in [6, 6.07) is 16.2. The second-order valence-electron chi connectivity index (χ2n) is 5.03. The molecule has 2 aromatic carbocycles. The Labute approximate surface area is 134 Å². The Kier molecular flexibility index (Phi) is 10.4. The third kappa shape index (κ3) is 9.94. The first-order valence-electron chi connectivity index (χ1n) is 6.95. The molecule has 0 spiro atoms. The minimum Gasteiger partial charge on any atom is -0.378 e. The fourth-order valence-electron chi connectivity index (χ4n) is 1.38. The first-order valence-corrected chi connectivity index (χ1v) is 7.33. The molecule has 0 unspecified atom stereocenters. The standard InChI is InChI=1S/C9H13N.C7H7Cl.C2H7N/c1-8-4-6-9(7-5-8)10(2)3;1-6-2-4-7(8)5-3-6;1-3-2/h4-7H,1-3H3;2-5H,1H3;3H,1-2H3. The number of hydrogen-bond donors (Lipinski definition) is 1. The molecule has 0 atom stereocenters. The van der Waals surface area contributed by atoms with Gasteiger partial charge < -0.3 is 10.2 Å². The Morgan fingerprint density at radius 2 is 1.10 bits per heavy atom. The summed E-state index contributed by atoms with van der Waals surface area (Å²) in [4.78, 5) is 2.10. The van der Waals surface area contributed by atoms with Crippen molar-refractivity contribution in [3.8, 4) is 0 Å². The van der Waals surface area contributed by atoms with Crippen molar-refractivity contribution >= 4 is 17.3 Å². The smallest absolute Gasteiger partial charge is 0.0406 e. The average molecular weight is 307 g/mol. The van der Waals surface area contributed by atoms with E-state index in [0.717, 1.165) is 5.02 Å². The normalized spacial score (nSPS) is 8.90. The first-order chi connectivity index (χ1) is 9.90. The lowest BCUT2D eigenvalue weighted by Crippen LogP contribution is -2.07. The van der Waals surface area contributed by atoms with E-state index in [1.807, 2.05) is 59.4 Å². The van der Waals surface area contributed by atoms with Crippen LogP contribution in [0.15, 0.2) is 48.5 Å². The summed E-state index contributed by atoms with van der Waals surface area (Å²) in [6.45, 7) is 4.13. The van der Waals surface area contributed by atoms with E-state index in [-0.39, 0.29) is 0 Å². The molecule has 0 heterocycles. The van der Waals surface area contributed by atoms with E-state index in [4.69, 9.17) is 11.6 Å². The van der Waals surface area contributed by atoms with Crippen molar-refractivity contribution in [1.82, 2.24) is 5.32 Å². The maximum atomic E-state index is 5.61. The van der Waals surface area contributed by atoms with Crippen LogP contribution < -0.4 is 10.2 Å². The van der Waals surface area contributed by atoms with Crippen molar-refractivity contribution in [2.45, 2.75) is 13.8 Å². The van der Waals surface area contributed by atoms with Gasteiger partial charge in [-0.25, -0.2) is 0 Å². The van der Waals surface area contributed by atoms with Crippen LogP contribution in [0.4, 0.5) is 5.69 Å². The third-order valence-electron chi connectivity index (χ3n) is 2.56. The maximum Gasteiger partial charge on any atom is 0.0406 e. The van der Waals surface area contributed by atoms with E-state index in [2.05, 4.69) is 41.4 Å². The molecule has 0 aliphatic rings. The second-order valence-corrected chi connectivity index (χ2v) is 5.46. The van der Waals surface area contributed by atoms with E-state index < -0.39 is 0 Å². The highest BCUT2D eigenvalue weighted by Gasteiger charge is 1.90. The predicted octanol–water partition coefficient (Wildman–Crippen LogP) is 4.55. The molecule has 1 N–H and O–H groups in total. The molecule has 0 amide bonds. The van der Waals surface area contributed by atoms with Gasteiger partial charge in [0.2, 0.25) is 0 Å². The quantitative estimate of drug-likeness (QED) is 0.832. The maximum absolute atomic E-state index is 5.61. The molecule has 0 bridgehead atoms. The van der Waals surface area contributed by atoms with Gasteiger partial charge >= 0.3 is 0 Å². The molecule has 0 saturated carbocycles. The summed E-state index contributed by atoms with van der Waals surface area (Å²) in [7, 11) is 7.84.